The first kappa shape index (κ1) is 25.1. The number of hydrogen-bond acceptors (Lipinski definition) is 8. The second kappa shape index (κ2) is 11.6. The molecule has 4 rings (SSSR count). The maximum absolute atomic E-state index is 13.2. The fourth-order valence-electron chi connectivity index (χ4n) is 4.29. The molecule has 9 heteroatoms. The zero-order valence-corrected chi connectivity index (χ0v) is 20.4. The summed E-state index contributed by atoms with van der Waals surface area (Å²) in [7, 11) is 0. The second-order valence-corrected chi connectivity index (χ2v) is 9.40. The molecule has 4 atom stereocenters. The van der Waals surface area contributed by atoms with Crippen molar-refractivity contribution in [3.63, 3.8) is 0 Å². The molecule has 1 aliphatic heterocycles. The number of alkyl carbamates (subject to hydrolysis) is 1. The van der Waals surface area contributed by atoms with Crippen molar-refractivity contribution in [2.45, 2.75) is 70.7 Å². The van der Waals surface area contributed by atoms with Crippen molar-refractivity contribution < 1.29 is 23.9 Å². The van der Waals surface area contributed by atoms with E-state index < -0.39 is 18.4 Å². The molecule has 0 bridgehead atoms. The minimum absolute atomic E-state index is 0.0593. The van der Waals surface area contributed by atoms with Gasteiger partial charge in [0.15, 0.2) is 0 Å². The van der Waals surface area contributed by atoms with Crippen LogP contribution in [-0.4, -0.2) is 52.4 Å². The van der Waals surface area contributed by atoms with Crippen LogP contribution in [0.3, 0.4) is 0 Å². The van der Waals surface area contributed by atoms with Crippen molar-refractivity contribution in [3.05, 3.63) is 54.4 Å². The number of nitrogens with one attached hydrogen (secondary N) is 1. The fourth-order valence-corrected chi connectivity index (χ4v) is 4.29. The molecule has 1 aliphatic carbocycles. The van der Waals surface area contributed by atoms with Gasteiger partial charge in [0.05, 0.1) is 12.1 Å². The van der Waals surface area contributed by atoms with Crippen LogP contribution in [0.1, 0.15) is 64.0 Å². The van der Waals surface area contributed by atoms with E-state index in [9.17, 15) is 9.59 Å². The van der Waals surface area contributed by atoms with Gasteiger partial charge in [-0.3, -0.25) is 9.63 Å². The lowest BCUT2D eigenvalue weighted by Crippen LogP contribution is -2.46. The first-order valence-corrected chi connectivity index (χ1v) is 12.4. The lowest BCUT2D eigenvalue weighted by molar-refractivity contribution is -0.122. The minimum Gasteiger partial charge on any atom is -0.463 e. The van der Waals surface area contributed by atoms with Crippen LogP contribution in [0.2, 0.25) is 0 Å². The third kappa shape index (κ3) is 6.55. The van der Waals surface area contributed by atoms with Gasteiger partial charge in [0, 0.05) is 17.8 Å². The van der Waals surface area contributed by atoms with E-state index in [1.165, 1.54) is 0 Å². The largest absolute Gasteiger partial charge is 0.463 e. The van der Waals surface area contributed by atoms with Crippen molar-refractivity contribution in [2.24, 2.45) is 5.41 Å². The van der Waals surface area contributed by atoms with Gasteiger partial charge >= 0.3 is 12.1 Å². The molecular formula is C26H34N4O5. The van der Waals surface area contributed by atoms with E-state index in [0.29, 0.717) is 19.0 Å². The summed E-state index contributed by atoms with van der Waals surface area (Å²) < 4.78 is 11.3. The highest BCUT2D eigenvalue weighted by Crippen LogP contribution is 2.41. The number of unbranched alkanes of at least 4 members (excludes halogenated alkanes) is 1. The third-order valence-electron chi connectivity index (χ3n) is 6.77. The van der Waals surface area contributed by atoms with Crippen LogP contribution >= 0.6 is 0 Å². The van der Waals surface area contributed by atoms with Crippen molar-refractivity contribution in [1.29, 1.82) is 0 Å². The molecule has 1 aromatic carbocycles. The summed E-state index contributed by atoms with van der Waals surface area (Å²) in [5, 5.41) is 4.46. The summed E-state index contributed by atoms with van der Waals surface area (Å²) in [6.45, 7) is 4.64. The summed E-state index contributed by atoms with van der Waals surface area (Å²) in [5.41, 5.74) is 0.815. The van der Waals surface area contributed by atoms with Gasteiger partial charge in [-0.1, -0.05) is 56.5 Å². The number of ether oxygens (including phenoxy) is 2. The number of nitrogens with zero attached hydrogens (tertiary/aromatic N) is 3. The molecule has 9 nitrogen and oxygen atoms in total. The molecule has 1 amide bonds. The van der Waals surface area contributed by atoms with Crippen LogP contribution in [-0.2, 0) is 14.4 Å². The number of benzene rings is 1. The van der Waals surface area contributed by atoms with Crippen LogP contribution in [0.4, 0.5) is 4.79 Å². The highest BCUT2D eigenvalue weighted by atomic mass is 16.8. The van der Waals surface area contributed by atoms with Gasteiger partial charge < -0.3 is 14.8 Å². The van der Waals surface area contributed by atoms with E-state index in [4.69, 9.17) is 14.3 Å². The SMILES string of the molecule is CCCC[C@H](NC(=O)OCC1(COc2ncccn2)CCC1)C(=O)C1ON1[C@H](C)c1ccccc1. The van der Waals surface area contributed by atoms with Crippen LogP contribution in [0.5, 0.6) is 6.01 Å². The number of carbonyl (C=O) groups excluding carboxylic acids is 2. The van der Waals surface area contributed by atoms with E-state index >= 15 is 0 Å². The Hall–Kier alpha value is -3.04. The highest BCUT2D eigenvalue weighted by molar-refractivity contribution is 5.91. The highest BCUT2D eigenvalue weighted by Gasteiger charge is 2.49. The first-order chi connectivity index (χ1) is 17.0. The van der Waals surface area contributed by atoms with Crippen LogP contribution in [0, 0.1) is 5.41 Å². The lowest BCUT2D eigenvalue weighted by Gasteiger charge is -2.40. The number of carbonyl (C=O) groups is 2. The topological polar surface area (TPSA) is 106 Å². The number of ketones is 1. The normalized spacial score (nSPS) is 21.8. The second-order valence-electron chi connectivity index (χ2n) is 9.40. The number of rotatable bonds is 13. The molecule has 2 unspecified atom stereocenters. The van der Waals surface area contributed by atoms with E-state index in [1.54, 1.807) is 23.5 Å². The summed E-state index contributed by atoms with van der Waals surface area (Å²) in [6.07, 6.45) is 7.10. The van der Waals surface area contributed by atoms with Gasteiger partial charge in [0.1, 0.15) is 13.2 Å². The maximum atomic E-state index is 13.2. The van der Waals surface area contributed by atoms with Crippen molar-refractivity contribution in [3.8, 4) is 6.01 Å². The molecule has 2 fully saturated rings. The predicted octanol–water partition coefficient (Wildman–Crippen LogP) is 4.21. The summed E-state index contributed by atoms with van der Waals surface area (Å²) in [5.74, 6) is -0.152. The van der Waals surface area contributed by atoms with Crippen molar-refractivity contribution in [1.82, 2.24) is 20.3 Å². The Morgan fingerprint density at radius 3 is 2.57 bits per heavy atom. The molecule has 2 heterocycles. The third-order valence-corrected chi connectivity index (χ3v) is 6.77. The monoisotopic (exact) mass is 482 g/mol. The van der Waals surface area contributed by atoms with Gasteiger partial charge in [-0.2, -0.15) is 0 Å². The van der Waals surface area contributed by atoms with Gasteiger partial charge in [-0.05, 0) is 37.8 Å². The molecule has 188 valence electrons. The van der Waals surface area contributed by atoms with E-state index in [2.05, 4.69) is 15.3 Å². The molecule has 1 saturated carbocycles. The van der Waals surface area contributed by atoms with Crippen LogP contribution < -0.4 is 10.1 Å². The number of hydrogen-bond donors (Lipinski definition) is 1. The van der Waals surface area contributed by atoms with Gasteiger partial charge in [0.25, 0.3) is 0 Å². The first-order valence-electron chi connectivity index (χ1n) is 12.4. The molecule has 2 aliphatic rings. The molecule has 1 saturated heterocycles. The summed E-state index contributed by atoms with van der Waals surface area (Å²) in [4.78, 5) is 39.6. The van der Waals surface area contributed by atoms with Crippen molar-refractivity contribution >= 4 is 11.9 Å². The smallest absolute Gasteiger partial charge is 0.407 e. The number of hydroxylamine groups is 2. The molecule has 1 N–H and O–H groups in total. The Morgan fingerprint density at radius 1 is 1.17 bits per heavy atom. The Bertz CT molecular complexity index is 970. The minimum atomic E-state index is -0.662. The van der Waals surface area contributed by atoms with E-state index in [-0.39, 0.29) is 23.8 Å². The zero-order chi connectivity index (χ0) is 24.7. The van der Waals surface area contributed by atoms with Gasteiger partial charge in [-0.25, -0.2) is 14.8 Å². The quantitative estimate of drug-likeness (QED) is 0.423. The Labute approximate surface area is 206 Å². The Kier molecular flexibility index (Phi) is 8.30. The Morgan fingerprint density at radius 2 is 1.91 bits per heavy atom. The fraction of sp³-hybridized carbons (Fsp3) is 0.538. The van der Waals surface area contributed by atoms with Crippen LogP contribution in [0.15, 0.2) is 48.8 Å². The number of amides is 1. The van der Waals surface area contributed by atoms with Gasteiger partial charge in [0.2, 0.25) is 12.0 Å². The van der Waals surface area contributed by atoms with Crippen molar-refractivity contribution in [2.75, 3.05) is 13.2 Å². The molecular weight excluding hydrogens is 448 g/mol. The zero-order valence-electron chi connectivity index (χ0n) is 20.4. The lowest BCUT2D eigenvalue weighted by atomic mass is 9.70. The average molecular weight is 483 g/mol. The molecule has 2 aromatic rings. The summed E-state index contributed by atoms with van der Waals surface area (Å²) >= 11 is 0. The number of aromatic nitrogens is 2. The standard InChI is InChI=1S/C26H34N4O5/c1-3-4-12-21(22(31)23-30(35-23)19(2)20-10-6-5-7-11-20)29-25(32)34-18-26(13-8-14-26)17-33-24-27-15-9-16-28-24/h5-7,9-11,15-16,19,21,23H,3-4,8,12-14,17-18H2,1-2H3,(H,29,32)/t19-,21+,23?,30?/m1/s1. The van der Waals surface area contributed by atoms with Crippen LogP contribution in [0.25, 0.3) is 0 Å². The Balaban J connectivity index is 1.28. The average Bonchev–Trinajstić information content (AvgIpc) is 3.67. The maximum Gasteiger partial charge on any atom is 0.407 e. The van der Waals surface area contributed by atoms with E-state index in [1.807, 2.05) is 44.2 Å². The molecule has 35 heavy (non-hydrogen) atoms. The van der Waals surface area contributed by atoms with E-state index in [0.717, 1.165) is 37.7 Å². The predicted molar refractivity (Wildman–Crippen MR) is 128 cm³/mol. The molecule has 0 spiro atoms. The van der Waals surface area contributed by atoms with Gasteiger partial charge in [-0.15, -0.1) is 5.06 Å². The molecule has 1 aromatic heterocycles. The number of Topliss-reactive ketones (excluding diaryl/α,β-unsaturated/α-hetero) is 1. The summed E-state index contributed by atoms with van der Waals surface area (Å²) in [6, 6.07) is 11.2. The molecule has 0 radical (unpaired) electrons.